The van der Waals surface area contributed by atoms with Gasteiger partial charge in [-0.2, -0.15) is 0 Å². The van der Waals surface area contributed by atoms with Crippen LogP contribution in [0.25, 0.3) is 21.9 Å². The lowest BCUT2D eigenvalue weighted by Crippen LogP contribution is -1.90. The summed E-state index contributed by atoms with van der Waals surface area (Å²) in [6.45, 7) is 5.79. The highest BCUT2D eigenvalue weighted by Crippen LogP contribution is 2.30. The maximum absolute atomic E-state index is 15.1. The number of hydrogen-bond donors (Lipinski definition) is 0. The van der Waals surface area contributed by atoms with Crippen LogP contribution in [0.1, 0.15) is 30.9 Å². The molecule has 132 valence electrons. The molecule has 0 fully saturated rings. The molecule has 3 aromatic rings. The smallest absolute Gasteiger partial charge is 0.138 e. The average molecular weight is 344 g/mol. The van der Waals surface area contributed by atoms with Gasteiger partial charge >= 0.3 is 0 Å². The highest BCUT2D eigenvalue weighted by molar-refractivity contribution is 5.88. The molecule has 0 atom stereocenters. The van der Waals surface area contributed by atoms with Crippen molar-refractivity contribution in [1.82, 2.24) is 0 Å². The first-order chi connectivity index (χ1) is 12.7. The molecule has 0 saturated heterocycles. The molecule has 0 bridgehead atoms. The summed E-state index contributed by atoms with van der Waals surface area (Å²) in [6, 6.07) is 18.1. The van der Waals surface area contributed by atoms with Crippen LogP contribution in [0.3, 0.4) is 0 Å². The highest BCUT2D eigenvalue weighted by atomic mass is 19.1. The number of aryl methyl sites for hydroxylation is 2. The van der Waals surface area contributed by atoms with Gasteiger partial charge in [0.05, 0.1) is 0 Å². The number of fused-ring (bicyclic) bond motifs is 1. The van der Waals surface area contributed by atoms with Crippen molar-refractivity contribution >= 4 is 10.8 Å². The summed E-state index contributed by atoms with van der Waals surface area (Å²) in [7, 11) is 0. The summed E-state index contributed by atoms with van der Waals surface area (Å²) in [4.78, 5) is 0. The summed E-state index contributed by atoms with van der Waals surface area (Å²) >= 11 is 0. The van der Waals surface area contributed by atoms with E-state index in [0.29, 0.717) is 10.9 Å². The molecule has 1 heteroatoms. The molecule has 0 aliphatic carbocycles. The second-order valence-corrected chi connectivity index (χ2v) is 6.61. The standard InChI is InChI=1S/C25H25F/c1-3-5-7-9-20-12-16-24-22(18-20)15-17-23(25(24)26)21-13-10-19(11-14-21)8-6-4-2/h3-5,10-18H,2,6-9H2,1H3/b5-3+. The molecule has 0 heterocycles. The zero-order valence-electron chi connectivity index (χ0n) is 15.3. The summed E-state index contributed by atoms with van der Waals surface area (Å²) in [5.41, 5.74) is 4.08. The van der Waals surface area contributed by atoms with Gasteiger partial charge in [-0.25, -0.2) is 4.39 Å². The van der Waals surface area contributed by atoms with Crippen molar-refractivity contribution in [3.05, 3.63) is 96.3 Å². The predicted octanol–water partition coefficient (Wildman–Crippen LogP) is 7.27. The van der Waals surface area contributed by atoms with Gasteiger partial charge in [-0.1, -0.05) is 72.8 Å². The van der Waals surface area contributed by atoms with Crippen LogP contribution >= 0.6 is 0 Å². The molecule has 0 unspecified atom stereocenters. The van der Waals surface area contributed by atoms with Crippen LogP contribution in [-0.4, -0.2) is 0 Å². The van der Waals surface area contributed by atoms with Crippen LogP contribution in [-0.2, 0) is 12.8 Å². The fraction of sp³-hybridized carbons (Fsp3) is 0.200. The third-order valence-electron chi connectivity index (χ3n) is 4.76. The molecular formula is C25H25F. The lowest BCUT2D eigenvalue weighted by Gasteiger charge is -2.09. The molecule has 0 nitrogen and oxygen atoms in total. The second-order valence-electron chi connectivity index (χ2n) is 6.61. The van der Waals surface area contributed by atoms with Crippen molar-refractivity contribution in [2.75, 3.05) is 0 Å². The van der Waals surface area contributed by atoms with Crippen molar-refractivity contribution in [3.63, 3.8) is 0 Å². The molecule has 3 rings (SSSR count). The molecule has 0 amide bonds. The highest BCUT2D eigenvalue weighted by Gasteiger charge is 2.10. The van der Waals surface area contributed by atoms with Gasteiger partial charge in [-0.05, 0) is 54.7 Å². The van der Waals surface area contributed by atoms with Crippen LogP contribution in [0.15, 0.2) is 79.4 Å². The van der Waals surface area contributed by atoms with Crippen LogP contribution in [0.2, 0.25) is 0 Å². The molecular weight excluding hydrogens is 319 g/mol. The van der Waals surface area contributed by atoms with Gasteiger partial charge in [-0.15, -0.1) is 6.58 Å². The minimum Gasteiger partial charge on any atom is -0.206 e. The van der Waals surface area contributed by atoms with E-state index in [0.717, 1.165) is 36.6 Å². The quantitative estimate of drug-likeness (QED) is 0.395. The predicted molar refractivity (Wildman–Crippen MR) is 111 cm³/mol. The lowest BCUT2D eigenvalue weighted by molar-refractivity contribution is 0.643. The van der Waals surface area contributed by atoms with E-state index in [-0.39, 0.29) is 5.82 Å². The molecule has 3 aromatic carbocycles. The number of rotatable bonds is 7. The minimum absolute atomic E-state index is 0.138. The van der Waals surface area contributed by atoms with Crippen molar-refractivity contribution < 1.29 is 4.39 Å². The van der Waals surface area contributed by atoms with Gasteiger partial charge in [-0.3, -0.25) is 0 Å². The number of hydrogen-bond acceptors (Lipinski definition) is 0. The zero-order chi connectivity index (χ0) is 18.4. The maximum Gasteiger partial charge on any atom is 0.138 e. The van der Waals surface area contributed by atoms with Gasteiger partial charge in [0, 0.05) is 10.9 Å². The Labute approximate surface area is 155 Å². The molecule has 0 aromatic heterocycles. The Morgan fingerprint density at radius 1 is 0.885 bits per heavy atom. The van der Waals surface area contributed by atoms with Crippen LogP contribution in [0.5, 0.6) is 0 Å². The molecule has 0 spiro atoms. The third kappa shape index (κ3) is 4.11. The van der Waals surface area contributed by atoms with E-state index in [4.69, 9.17) is 0 Å². The first kappa shape index (κ1) is 18.1. The first-order valence-electron chi connectivity index (χ1n) is 9.25. The summed E-state index contributed by atoms with van der Waals surface area (Å²) in [5.74, 6) is -0.138. The van der Waals surface area contributed by atoms with Crippen molar-refractivity contribution in [3.8, 4) is 11.1 Å². The molecule has 0 N–H and O–H groups in total. The molecule has 26 heavy (non-hydrogen) atoms. The van der Waals surface area contributed by atoms with Crippen LogP contribution in [0.4, 0.5) is 4.39 Å². The maximum atomic E-state index is 15.1. The first-order valence-corrected chi connectivity index (χ1v) is 9.25. The van der Waals surface area contributed by atoms with Gasteiger partial charge in [0.15, 0.2) is 0 Å². The molecule has 0 aliphatic rings. The second kappa shape index (κ2) is 8.62. The summed E-state index contributed by atoms with van der Waals surface area (Å²) in [5, 5.41) is 1.65. The SMILES string of the molecule is C=CCCc1ccc(-c2ccc3cc(CC/C=C/C)ccc3c2F)cc1. The fourth-order valence-corrected chi connectivity index (χ4v) is 3.26. The number of benzene rings is 3. The largest absolute Gasteiger partial charge is 0.206 e. The van der Waals surface area contributed by atoms with E-state index in [1.165, 1.54) is 11.1 Å². The Hall–Kier alpha value is -2.67. The Kier molecular flexibility index (Phi) is 6.01. The zero-order valence-corrected chi connectivity index (χ0v) is 15.3. The Balaban J connectivity index is 1.89. The number of allylic oxidation sites excluding steroid dienone is 3. The van der Waals surface area contributed by atoms with E-state index in [1.54, 1.807) is 0 Å². The molecule has 0 radical (unpaired) electrons. The van der Waals surface area contributed by atoms with Crippen LogP contribution < -0.4 is 0 Å². The normalized spacial score (nSPS) is 11.3. The van der Waals surface area contributed by atoms with E-state index in [1.807, 2.05) is 49.4 Å². The average Bonchev–Trinajstić information content (AvgIpc) is 2.67. The van der Waals surface area contributed by atoms with Gasteiger partial charge in [0.2, 0.25) is 0 Å². The molecule has 0 aliphatic heterocycles. The van der Waals surface area contributed by atoms with Gasteiger partial charge in [0.25, 0.3) is 0 Å². The number of halogens is 1. The third-order valence-corrected chi connectivity index (χ3v) is 4.76. The van der Waals surface area contributed by atoms with Crippen molar-refractivity contribution in [1.29, 1.82) is 0 Å². The monoisotopic (exact) mass is 344 g/mol. The fourth-order valence-electron chi connectivity index (χ4n) is 3.26. The van der Waals surface area contributed by atoms with E-state index in [2.05, 4.69) is 36.9 Å². The van der Waals surface area contributed by atoms with E-state index >= 15 is 4.39 Å². The van der Waals surface area contributed by atoms with Gasteiger partial charge < -0.3 is 0 Å². The molecule has 0 saturated carbocycles. The Morgan fingerprint density at radius 2 is 1.62 bits per heavy atom. The minimum atomic E-state index is -0.138. The van der Waals surface area contributed by atoms with Gasteiger partial charge in [0.1, 0.15) is 5.82 Å². The van der Waals surface area contributed by atoms with Crippen molar-refractivity contribution in [2.24, 2.45) is 0 Å². The Bertz CT molecular complexity index is 917. The van der Waals surface area contributed by atoms with E-state index < -0.39 is 0 Å². The summed E-state index contributed by atoms with van der Waals surface area (Å²) in [6.07, 6.45) is 10.1. The van der Waals surface area contributed by atoms with Crippen LogP contribution in [0, 0.1) is 5.82 Å². The van der Waals surface area contributed by atoms with E-state index in [9.17, 15) is 0 Å². The lowest BCUT2D eigenvalue weighted by atomic mass is 9.97. The summed E-state index contributed by atoms with van der Waals surface area (Å²) < 4.78 is 15.1. The topological polar surface area (TPSA) is 0 Å². The Morgan fingerprint density at radius 3 is 2.35 bits per heavy atom. The van der Waals surface area contributed by atoms with Crippen molar-refractivity contribution in [2.45, 2.75) is 32.6 Å².